The summed E-state index contributed by atoms with van der Waals surface area (Å²) in [5.41, 5.74) is 0. The summed E-state index contributed by atoms with van der Waals surface area (Å²) in [5, 5.41) is 2.95. The zero-order valence-corrected chi connectivity index (χ0v) is 9.05. The smallest absolute Gasteiger partial charge is 0.327 e. The van der Waals surface area contributed by atoms with E-state index < -0.39 is 0 Å². The van der Waals surface area contributed by atoms with Crippen molar-refractivity contribution in [2.45, 2.75) is 25.9 Å². The second-order valence-corrected chi connectivity index (χ2v) is 4.16. The van der Waals surface area contributed by atoms with Gasteiger partial charge < -0.3 is 5.32 Å². The van der Waals surface area contributed by atoms with E-state index in [1.54, 1.807) is 12.4 Å². The molecule has 15 heavy (non-hydrogen) atoms. The molecule has 0 saturated carbocycles. The molecular weight excluding hydrogens is 192 g/mol. The van der Waals surface area contributed by atoms with Crippen molar-refractivity contribution in [1.29, 1.82) is 0 Å². The number of hydrogen-bond donors (Lipinski definition) is 1. The Morgan fingerprint density at radius 3 is 2.80 bits per heavy atom. The highest BCUT2D eigenvalue weighted by Crippen LogP contribution is 2.11. The van der Waals surface area contributed by atoms with Gasteiger partial charge in [-0.2, -0.15) is 0 Å². The fraction of sp³-hybridized carbons (Fsp3) is 0.600. The van der Waals surface area contributed by atoms with Crippen LogP contribution in [0.15, 0.2) is 18.7 Å². The highest BCUT2D eigenvalue weighted by Gasteiger charge is 2.29. The van der Waals surface area contributed by atoms with Crippen LogP contribution in [0.4, 0.5) is 4.79 Å². The van der Waals surface area contributed by atoms with Crippen molar-refractivity contribution in [3.05, 3.63) is 18.7 Å². The number of carbonyl (C=O) groups excluding carboxylic acids is 1. The third kappa shape index (κ3) is 2.18. The Labute approximate surface area is 89.1 Å². The fourth-order valence-corrected chi connectivity index (χ4v) is 1.65. The average molecular weight is 208 g/mol. The highest BCUT2D eigenvalue weighted by atomic mass is 16.2. The molecule has 1 fully saturated rings. The summed E-state index contributed by atoms with van der Waals surface area (Å²) < 4.78 is 1.46. The van der Waals surface area contributed by atoms with Crippen molar-refractivity contribution in [2.24, 2.45) is 0 Å². The Balaban J connectivity index is 1.78. The number of likely N-dealkylation sites (tertiary alicyclic amines) is 1. The minimum absolute atomic E-state index is 0.0964. The lowest BCUT2D eigenvalue weighted by molar-refractivity contribution is 0.0963. The van der Waals surface area contributed by atoms with Crippen molar-refractivity contribution in [1.82, 2.24) is 19.8 Å². The van der Waals surface area contributed by atoms with E-state index in [-0.39, 0.29) is 12.1 Å². The van der Waals surface area contributed by atoms with Gasteiger partial charge in [-0.15, -0.1) is 0 Å². The standard InChI is InChI=1S/C10H16N4O/c1-8(2)14-5-9(6-14)12-10(15)13-4-3-11-7-13/h3-4,7-9H,5-6H2,1-2H3,(H,12,15). The van der Waals surface area contributed by atoms with Crippen LogP contribution in [0, 0.1) is 0 Å². The zero-order chi connectivity index (χ0) is 10.8. The summed E-state index contributed by atoms with van der Waals surface area (Å²) in [5.74, 6) is 0. The Kier molecular flexibility index (Phi) is 2.73. The highest BCUT2D eigenvalue weighted by molar-refractivity contribution is 5.76. The topological polar surface area (TPSA) is 50.2 Å². The maximum atomic E-state index is 11.6. The minimum Gasteiger partial charge on any atom is -0.332 e. The van der Waals surface area contributed by atoms with Crippen molar-refractivity contribution >= 4 is 6.03 Å². The van der Waals surface area contributed by atoms with E-state index in [0.29, 0.717) is 6.04 Å². The Bertz CT molecular complexity index is 327. The Morgan fingerprint density at radius 2 is 2.27 bits per heavy atom. The number of imidazole rings is 1. The monoisotopic (exact) mass is 208 g/mol. The summed E-state index contributed by atoms with van der Waals surface area (Å²) in [6.45, 7) is 6.21. The fourth-order valence-electron chi connectivity index (χ4n) is 1.65. The third-order valence-electron chi connectivity index (χ3n) is 2.71. The number of aromatic nitrogens is 2. The Hall–Kier alpha value is -1.36. The molecule has 1 saturated heterocycles. The molecule has 1 aromatic rings. The molecule has 0 spiro atoms. The van der Waals surface area contributed by atoms with E-state index >= 15 is 0 Å². The van der Waals surface area contributed by atoms with Crippen molar-refractivity contribution in [2.75, 3.05) is 13.1 Å². The number of nitrogens with one attached hydrogen (secondary N) is 1. The molecule has 0 radical (unpaired) electrons. The zero-order valence-electron chi connectivity index (χ0n) is 9.05. The van der Waals surface area contributed by atoms with Crippen molar-refractivity contribution < 1.29 is 4.79 Å². The lowest BCUT2D eigenvalue weighted by atomic mass is 10.1. The van der Waals surface area contributed by atoms with Gasteiger partial charge in [-0.05, 0) is 13.8 Å². The first kappa shape index (κ1) is 10.2. The van der Waals surface area contributed by atoms with Crippen molar-refractivity contribution in [3.63, 3.8) is 0 Å². The van der Waals surface area contributed by atoms with Gasteiger partial charge in [0, 0.05) is 31.5 Å². The molecule has 82 valence electrons. The molecule has 0 bridgehead atoms. The first-order chi connectivity index (χ1) is 7.16. The summed E-state index contributed by atoms with van der Waals surface area (Å²) in [6, 6.07) is 0.745. The van der Waals surface area contributed by atoms with Crippen molar-refractivity contribution in [3.8, 4) is 0 Å². The lowest BCUT2D eigenvalue weighted by Crippen LogP contribution is -2.61. The number of amides is 1. The largest absolute Gasteiger partial charge is 0.332 e. The molecule has 1 amide bonds. The molecule has 5 heteroatoms. The lowest BCUT2D eigenvalue weighted by Gasteiger charge is -2.42. The van der Waals surface area contributed by atoms with Gasteiger partial charge in [-0.3, -0.25) is 9.47 Å². The maximum absolute atomic E-state index is 11.6. The number of carbonyl (C=O) groups is 1. The van der Waals surface area contributed by atoms with E-state index in [1.807, 2.05) is 0 Å². The molecule has 1 aliphatic heterocycles. The number of nitrogens with zero attached hydrogens (tertiary/aromatic N) is 3. The normalized spacial score (nSPS) is 17.8. The second-order valence-electron chi connectivity index (χ2n) is 4.16. The van der Waals surface area contributed by atoms with E-state index in [9.17, 15) is 4.79 Å². The predicted octanol–water partition coefficient (Wildman–Crippen LogP) is 0.533. The van der Waals surface area contributed by atoms with Gasteiger partial charge in [0.05, 0.1) is 6.04 Å². The SMILES string of the molecule is CC(C)N1CC(NC(=O)n2ccnc2)C1. The maximum Gasteiger partial charge on any atom is 0.327 e. The summed E-state index contributed by atoms with van der Waals surface area (Å²) in [6.07, 6.45) is 4.75. The quantitative estimate of drug-likeness (QED) is 0.771. The van der Waals surface area contributed by atoms with Crippen LogP contribution in [0.1, 0.15) is 13.8 Å². The summed E-state index contributed by atoms with van der Waals surface area (Å²) in [7, 11) is 0. The molecular formula is C10H16N4O. The third-order valence-corrected chi connectivity index (χ3v) is 2.71. The van der Waals surface area contributed by atoms with Gasteiger partial charge >= 0.3 is 6.03 Å². The second kappa shape index (κ2) is 4.02. The molecule has 1 aliphatic rings. The molecule has 2 heterocycles. The minimum atomic E-state index is -0.0964. The molecule has 1 aromatic heterocycles. The van der Waals surface area contributed by atoms with E-state index in [0.717, 1.165) is 13.1 Å². The van der Waals surface area contributed by atoms with Crippen LogP contribution in [0.2, 0.25) is 0 Å². The van der Waals surface area contributed by atoms with Crippen LogP contribution in [0.3, 0.4) is 0 Å². The van der Waals surface area contributed by atoms with Crippen LogP contribution in [-0.2, 0) is 0 Å². The van der Waals surface area contributed by atoms with Gasteiger partial charge in [0.2, 0.25) is 0 Å². The van der Waals surface area contributed by atoms with Crippen LogP contribution in [-0.4, -0.2) is 45.7 Å². The van der Waals surface area contributed by atoms with E-state index in [2.05, 4.69) is 29.0 Å². The van der Waals surface area contributed by atoms with Gasteiger partial charge in [-0.25, -0.2) is 9.78 Å². The first-order valence-electron chi connectivity index (χ1n) is 5.19. The summed E-state index contributed by atoms with van der Waals surface area (Å²) in [4.78, 5) is 17.7. The molecule has 0 atom stereocenters. The van der Waals surface area contributed by atoms with Crippen LogP contribution >= 0.6 is 0 Å². The van der Waals surface area contributed by atoms with Crippen LogP contribution < -0.4 is 5.32 Å². The molecule has 1 N–H and O–H groups in total. The molecule has 5 nitrogen and oxygen atoms in total. The number of rotatable bonds is 2. The van der Waals surface area contributed by atoms with E-state index in [4.69, 9.17) is 0 Å². The summed E-state index contributed by atoms with van der Waals surface area (Å²) >= 11 is 0. The van der Waals surface area contributed by atoms with Gasteiger partial charge in [0.25, 0.3) is 0 Å². The van der Waals surface area contributed by atoms with Crippen LogP contribution in [0.5, 0.6) is 0 Å². The van der Waals surface area contributed by atoms with E-state index in [1.165, 1.54) is 10.9 Å². The van der Waals surface area contributed by atoms with Gasteiger partial charge in [0.1, 0.15) is 6.33 Å². The molecule has 0 aliphatic carbocycles. The average Bonchev–Trinajstić information content (AvgIpc) is 2.61. The first-order valence-corrected chi connectivity index (χ1v) is 5.19. The van der Waals surface area contributed by atoms with Crippen LogP contribution in [0.25, 0.3) is 0 Å². The Morgan fingerprint density at radius 1 is 1.53 bits per heavy atom. The molecule has 0 aromatic carbocycles. The van der Waals surface area contributed by atoms with Gasteiger partial charge in [0.15, 0.2) is 0 Å². The molecule has 2 rings (SSSR count). The molecule has 0 unspecified atom stereocenters. The number of hydrogen-bond acceptors (Lipinski definition) is 3. The predicted molar refractivity (Wildman–Crippen MR) is 56.7 cm³/mol. The van der Waals surface area contributed by atoms with Gasteiger partial charge in [-0.1, -0.05) is 0 Å².